The molecule has 0 unspecified atom stereocenters. The third kappa shape index (κ3) is 1.66. The van der Waals surface area contributed by atoms with E-state index in [9.17, 15) is 4.39 Å². The minimum atomic E-state index is -0.665. The first kappa shape index (κ1) is 11.0. The molecule has 0 atom stereocenters. The monoisotopic (exact) mass is 242 g/mol. The molecule has 0 aliphatic rings. The zero-order valence-corrected chi connectivity index (χ0v) is 9.11. The quantitative estimate of drug-likeness (QED) is 0.806. The van der Waals surface area contributed by atoms with Gasteiger partial charge in [-0.2, -0.15) is 0 Å². The molecule has 2 aromatic rings. The average molecular weight is 243 g/mol. The van der Waals surface area contributed by atoms with Crippen molar-refractivity contribution in [3.05, 3.63) is 34.6 Å². The predicted octanol–water partition coefficient (Wildman–Crippen LogP) is 1.26. The lowest BCUT2D eigenvalue weighted by Gasteiger charge is -2.04. The first-order valence-electron chi connectivity index (χ1n) is 4.47. The van der Waals surface area contributed by atoms with Crippen LogP contribution in [0.3, 0.4) is 0 Å². The highest BCUT2D eigenvalue weighted by atomic mass is 35.5. The third-order valence-corrected chi connectivity index (χ3v) is 2.46. The van der Waals surface area contributed by atoms with Crippen LogP contribution < -0.4 is 0 Å². The molecule has 2 heterocycles. The van der Waals surface area contributed by atoms with Gasteiger partial charge in [-0.3, -0.25) is 0 Å². The van der Waals surface area contributed by atoms with Crippen molar-refractivity contribution in [2.24, 2.45) is 0 Å². The van der Waals surface area contributed by atoms with Gasteiger partial charge in [0.1, 0.15) is 11.4 Å². The summed E-state index contributed by atoms with van der Waals surface area (Å²) in [6, 6.07) is 1.43. The summed E-state index contributed by atoms with van der Waals surface area (Å²) in [5, 5.41) is 16.2. The maximum absolute atomic E-state index is 13.6. The molecule has 0 aliphatic heterocycles. The van der Waals surface area contributed by atoms with E-state index in [2.05, 4.69) is 15.3 Å². The maximum Gasteiger partial charge on any atom is 0.186 e. The number of pyridine rings is 1. The van der Waals surface area contributed by atoms with Crippen LogP contribution in [0.15, 0.2) is 12.3 Å². The fourth-order valence-electron chi connectivity index (χ4n) is 1.31. The summed E-state index contributed by atoms with van der Waals surface area (Å²) in [5.41, 5.74) is 1.11. The van der Waals surface area contributed by atoms with Crippen molar-refractivity contribution in [3.63, 3.8) is 0 Å². The molecule has 7 heteroatoms. The van der Waals surface area contributed by atoms with Gasteiger partial charge in [-0.25, -0.2) is 14.1 Å². The third-order valence-electron chi connectivity index (χ3n) is 2.19. The highest BCUT2D eigenvalue weighted by molar-refractivity contribution is 6.29. The molecule has 1 N–H and O–H groups in total. The topological polar surface area (TPSA) is 63.8 Å². The molecule has 0 spiro atoms. The van der Waals surface area contributed by atoms with Gasteiger partial charge in [0, 0.05) is 6.20 Å². The number of hydrogen-bond donors (Lipinski definition) is 1. The van der Waals surface area contributed by atoms with Crippen LogP contribution >= 0.6 is 11.6 Å². The Morgan fingerprint density at radius 2 is 2.31 bits per heavy atom. The Hall–Kier alpha value is -1.53. The summed E-state index contributed by atoms with van der Waals surface area (Å²) in [7, 11) is 0. The first-order valence-corrected chi connectivity index (χ1v) is 4.85. The summed E-state index contributed by atoms with van der Waals surface area (Å²) < 4.78 is 14.9. The van der Waals surface area contributed by atoms with Crippen LogP contribution in [0.4, 0.5) is 4.39 Å². The molecule has 0 aliphatic carbocycles. The number of rotatable bonds is 2. The molecular weight excluding hydrogens is 235 g/mol. The van der Waals surface area contributed by atoms with E-state index in [0.29, 0.717) is 11.4 Å². The van der Waals surface area contributed by atoms with E-state index in [1.54, 1.807) is 6.92 Å². The van der Waals surface area contributed by atoms with E-state index in [4.69, 9.17) is 16.7 Å². The normalized spacial score (nSPS) is 10.8. The van der Waals surface area contributed by atoms with Crippen LogP contribution in [0.25, 0.3) is 5.69 Å². The van der Waals surface area contributed by atoms with Crippen LogP contribution in [-0.2, 0) is 6.61 Å². The molecule has 2 rings (SSSR count). The van der Waals surface area contributed by atoms with E-state index in [1.165, 1.54) is 16.9 Å². The maximum atomic E-state index is 13.6. The molecule has 0 bridgehead atoms. The lowest BCUT2D eigenvalue weighted by Crippen LogP contribution is -2.03. The summed E-state index contributed by atoms with van der Waals surface area (Å²) in [4.78, 5) is 3.60. The number of aliphatic hydroxyl groups is 1. The van der Waals surface area contributed by atoms with Gasteiger partial charge in [-0.15, -0.1) is 5.10 Å². The van der Waals surface area contributed by atoms with E-state index < -0.39 is 5.82 Å². The van der Waals surface area contributed by atoms with Crippen molar-refractivity contribution in [2.45, 2.75) is 13.5 Å². The fourth-order valence-corrected chi connectivity index (χ4v) is 1.46. The van der Waals surface area contributed by atoms with Crippen LogP contribution in [0.5, 0.6) is 0 Å². The summed E-state index contributed by atoms with van der Waals surface area (Å²) in [6.45, 7) is 1.44. The van der Waals surface area contributed by atoms with Gasteiger partial charge < -0.3 is 5.11 Å². The zero-order valence-electron chi connectivity index (χ0n) is 8.35. The minimum Gasteiger partial charge on any atom is -0.390 e. The van der Waals surface area contributed by atoms with E-state index in [1.807, 2.05) is 0 Å². The molecular formula is C9H8ClFN4O. The Kier molecular flexibility index (Phi) is 2.84. The fraction of sp³-hybridized carbons (Fsp3) is 0.222. The second-order valence-corrected chi connectivity index (χ2v) is 3.48. The summed E-state index contributed by atoms with van der Waals surface area (Å²) in [6.07, 6.45) is 1.38. The molecule has 0 amide bonds. The highest BCUT2D eigenvalue weighted by Crippen LogP contribution is 2.20. The minimum absolute atomic E-state index is 0.157. The standard InChI is InChI=1S/C9H8ClFN4O/c1-5-6(4-16)13-14-15(5)7-2-3-12-9(10)8(7)11/h2-3,16H,4H2,1H3. The van der Waals surface area contributed by atoms with Crippen LogP contribution in [-0.4, -0.2) is 25.1 Å². The van der Waals surface area contributed by atoms with Gasteiger partial charge in [-0.1, -0.05) is 16.8 Å². The Morgan fingerprint density at radius 3 is 2.94 bits per heavy atom. The van der Waals surface area contributed by atoms with Crippen molar-refractivity contribution in [3.8, 4) is 5.69 Å². The van der Waals surface area contributed by atoms with E-state index in [0.717, 1.165) is 0 Å². The van der Waals surface area contributed by atoms with Crippen molar-refractivity contribution in [1.29, 1.82) is 0 Å². The van der Waals surface area contributed by atoms with Gasteiger partial charge in [-0.05, 0) is 13.0 Å². The Bertz CT molecular complexity index is 528. The van der Waals surface area contributed by atoms with Crippen molar-refractivity contribution < 1.29 is 9.50 Å². The molecule has 0 fully saturated rings. The second kappa shape index (κ2) is 4.15. The molecule has 0 saturated carbocycles. The number of aromatic nitrogens is 4. The molecule has 0 radical (unpaired) electrons. The number of halogens is 2. The van der Waals surface area contributed by atoms with Gasteiger partial charge in [0.25, 0.3) is 0 Å². The largest absolute Gasteiger partial charge is 0.390 e. The van der Waals surface area contributed by atoms with Crippen molar-refractivity contribution >= 4 is 11.6 Å². The summed E-state index contributed by atoms with van der Waals surface area (Å²) >= 11 is 5.56. The smallest absolute Gasteiger partial charge is 0.186 e. The zero-order chi connectivity index (χ0) is 11.7. The van der Waals surface area contributed by atoms with Gasteiger partial charge in [0.15, 0.2) is 11.0 Å². The molecule has 16 heavy (non-hydrogen) atoms. The van der Waals surface area contributed by atoms with Gasteiger partial charge in [0.2, 0.25) is 0 Å². The number of aliphatic hydroxyl groups excluding tert-OH is 1. The lowest BCUT2D eigenvalue weighted by atomic mass is 10.3. The van der Waals surface area contributed by atoms with Gasteiger partial charge >= 0.3 is 0 Å². The Labute approximate surface area is 95.5 Å². The van der Waals surface area contributed by atoms with Crippen molar-refractivity contribution in [1.82, 2.24) is 20.0 Å². The molecule has 0 aromatic carbocycles. The second-order valence-electron chi connectivity index (χ2n) is 3.13. The van der Waals surface area contributed by atoms with Crippen molar-refractivity contribution in [2.75, 3.05) is 0 Å². The average Bonchev–Trinajstić information content (AvgIpc) is 2.64. The summed E-state index contributed by atoms with van der Waals surface area (Å²) in [5.74, 6) is -0.665. The Balaban J connectivity index is 2.59. The van der Waals surface area contributed by atoms with Crippen LogP contribution in [0, 0.1) is 12.7 Å². The lowest BCUT2D eigenvalue weighted by molar-refractivity contribution is 0.276. The SMILES string of the molecule is Cc1c(CO)nnn1-c1ccnc(Cl)c1F. The van der Waals surface area contributed by atoms with Crippen LogP contribution in [0.1, 0.15) is 11.4 Å². The number of nitrogens with zero attached hydrogens (tertiary/aromatic N) is 4. The van der Waals surface area contributed by atoms with Crippen LogP contribution in [0.2, 0.25) is 5.15 Å². The molecule has 2 aromatic heterocycles. The first-order chi connectivity index (χ1) is 7.65. The molecule has 5 nitrogen and oxygen atoms in total. The van der Waals surface area contributed by atoms with Gasteiger partial charge in [0.05, 0.1) is 12.3 Å². The molecule has 84 valence electrons. The molecule has 0 saturated heterocycles. The number of hydrogen-bond acceptors (Lipinski definition) is 4. The van der Waals surface area contributed by atoms with E-state index in [-0.39, 0.29) is 17.4 Å². The predicted molar refractivity (Wildman–Crippen MR) is 54.8 cm³/mol. The highest BCUT2D eigenvalue weighted by Gasteiger charge is 2.14. The Morgan fingerprint density at radius 1 is 1.56 bits per heavy atom. The van der Waals surface area contributed by atoms with E-state index >= 15 is 0 Å².